The van der Waals surface area contributed by atoms with Crippen molar-refractivity contribution in [1.82, 2.24) is 14.7 Å². The molecule has 0 unspecified atom stereocenters. The van der Waals surface area contributed by atoms with Gasteiger partial charge in [-0.1, -0.05) is 13.0 Å². The number of piperazine rings is 1. The molecule has 0 saturated carbocycles. The topological polar surface area (TPSA) is 25.3 Å². The number of hydrogen-bond donors (Lipinski definition) is 0. The maximum absolute atomic E-state index is 14.5. The van der Waals surface area contributed by atoms with E-state index in [1.54, 1.807) is 6.07 Å². The first kappa shape index (κ1) is 22.0. The van der Waals surface area contributed by atoms with Crippen LogP contribution in [0.15, 0.2) is 23.2 Å². The van der Waals surface area contributed by atoms with Gasteiger partial charge in [-0.05, 0) is 24.2 Å². The predicted molar refractivity (Wildman–Crippen MR) is 115 cm³/mol. The molecule has 1 saturated heterocycles. The maximum Gasteiger partial charge on any atom is 0.195 e. The largest absolute Gasteiger partial charge is 0.367 e. The zero-order valence-corrected chi connectivity index (χ0v) is 18.3. The Morgan fingerprint density at radius 3 is 2.16 bits per heavy atom. The van der Waals surface area contributed by atoms with E-state index in [4.69, 9.17) is 0 Å². The highest BCUT2D eigenvalue weighted by molar-refractivity contribution is 14.0. The van der Waals surface area contributed by atoms with E-state index in [2.05, 4.69) is 21.7 Å². The van der Waals surface area contributed by atoms with Crippen LogP contribution in [0.3, 0.4) is 0 Å². The minimum atomic E-state index is -0.149. The Balaban J connectivity index is 0.00000312. The maximum atomic E-state index is 14.5. The molecule has 0 aliphatic carbocycles. The summed E-state index contributed by atoms with van der Waals surface area (Å²) in [5.74, 6) is 0.721. The smallest absolute Gasteiger partial charge is 0.195 e. The van der Waals surface area contributed by atoms with Crippen LogP contribution in [-0.4, -0.2) is 81.6 Å². The van der Waals surface area contributed by atoms with Crippen LogP contribution in [0.1, 0.15) is 12.5 Å². The number of aliphatic imine (C=N–C) groups is 1. The van der Waals surface area contributed by atoms with Crippen LogP contribution in [0.4, 0.5) is 10.1 Å². The molecule has 1 aliphatic rings. The minimum Gasteiger partial charge on any atom is -0.367 e. The summed E-state index contributed by atoms with van der Waals surface area (Å²) in [6.07, 6.45) is 0. The average Bonchev–Trinajstić information content (AvgIpc) is 2.54. The molecule has 2 rings (SSSR count). The molecular formula is C18H31FIN5. The van der Waals surface area contributed by atoms with Crippen molar-refractivity contribution in [3.8, 4) is 0 Å². The molecule has 0 amide bonds. The van der Waals surface area contributed by atoms with Gasteiger partial charge in [-0.25, -0.2) is 9.38 Å². The van der Waals surface area contributed by atoms with Crippen LogP contribution in [0.2, 0.25) is 0 Å². The predicted octanol–water partition coefficient (Wildman–Crippen LogP) is 2.56. The fourth-order valence-electron chi connectivity index (χ4n) is 3.06. The van der Waals surface area contributed by atoms with Gasteiger partial charge in [0.15, 0.2) is 5.96 Å². The lowest BCUT2D eigenvalue weighted by Gasteiger charge is -2.35. The Hall–Kier alpha value is -1.09. The van der Waals surface area contributed by atoms with Crippen molar-refractivity contribution < 1.29 is 4.39 Å². The van der Waals surface area contributed by atoms with Crippen LogP contribution in [0.25, 0.3) is 0 Å². The molecule has 0 radical (unpaired) electrons. The molecule has 1 aromatic rings. The van der Waals surface area contributed by atoms with Crippen molar-refractivity contribution in [1.29, 1.82) is 0 Å². The van der Waals surface area contributed by atoms with Gasteiger partial charge in [0.2, 0.25) is 0 Å². The lowest BCUT2D eigenvalue weighted by Crippen LogP contribution is -2.46. The fourth-order valence-corrected chi connectivity index (χ4v) is 3.06. The summed E-state index contributed by atoms with van der Waals surface area (Å²) in [5.41, 5.74) is 1.60. The van der Waals surface area contributed by atoms with E-state index in [0.717, 1.165) is 44.2 Å². The lowest BCUT2D eigenvalue weighted by molar-refractivity contribution is 0.270. The molecule has 0 atom stereocenters. The summed E-state index contributed by atoms with van der Waals surface area (Å²) >= 11 is 0. The summed E-state index contributed by atoms with van der Waals surface area (Å²) in [7, 11) is 7.83. The van der Waals surface area contributed by atoms with E-state index in [1.165, 1.54) is 0 Å². The van der Waals surface area contributed by atoms with Crippen LogP contribution in [-0.2, 0) is 6.54 Å². The van der Waals surface area contributed by atoms with Crippen molar-refractivity contribution in [2.45, 2.75) is 13.5 Å². The van der Waals surface area contributed by atoms with Crippen LogP contribution in [0.5, 0.6) is 0 Å². The Labute approximate surface area is 168 Å². The standard InChI is InChI=1S/C18H30FN5.HI/c1-6-23-9-11-24(12-10-23)17-8-7-15(13-16(17)19)14-20-18(21(2)3)22(4)5;/h7-8,13H,6,9-12,14H2,1-5H3;1H. The number of guanidine groups is 1. The number of anilines is 1. The van der Waals surface area contributed by atoms with Gasteiger partial charge in [0.05, 0.1) is 12.2 Å². The number of hydrogen-bond acceptors (Lipinski definition) is 3. The molecule has 25 heavy (non-hydrogen) atoms. The molecule has 0 aromatic heterocycles. The van der Waals surface area contributed by atoms with E-state index in [0.29, 0.717) is 12.2 Å². The number of nitrogens with zero attached hydrogens (tertiary/aromatic N) is 5. The van der Waals surface area contributed by atoms with E-state index in [-0.39, 0.29) is 29.8 Å². The van der Waals surface area contributed by atoms with E-state index in [1.807, 2.05) is 50.1 Å². The Morgan fingerprint density at radius 2 is 1.68 bits per heavy atom. The first-order valence-corrected chi connectivity index (χ1v) is 8.57. The van der Waals surface area contributed by atoms with Crippen LogP contribution >= 0.6 is 24.0 Å². The van der Waals surface area contributed by atoms with Gasteiger partial charge >= 0.3 is 0 Å². The van der Waals surface area contributed by atoms with Crippen molar-refractivity contribution >= 4 is 35.6 Å². The number of likely N-dealkylation sites (N-methyl/N-ethyl adjacent to an activating group) is 1. The summed E-state index contributed by atoms with van der Waals surface area (Å²) in [6, 6.07) is 5.50. The SMILES string of the molecule is CCN1CCN(c2ccc(CN=C(N(C)C)N(C)C)cc2F)CC1.I. The normalized spacial score (nSPS) is 14.7. The highest BCUT2D eigenvalue weighted by Gasteiger charge is 2.18. The molecule has 0 bridgehead atoms. The monoisotopic (exact) mass is 463 g/mol. The molecule has 1 aromatic carbocycles. The summed E-state index contributed by atoms with van der Waals surface area (Å²) in [5, 5.41) is 0. The lowest BCUT2D eigenvalue weighted by atomic mass is 10.1. The van der Waals surface area contributed by atoms with Crippen LogP contribution in [0, 0.1) is 5.82 Å². The van der Waals surface area contributed by atoms with E-state index >= 15 is 0 Å². The second kappa shape index (κ2) is 10.2. The minimum absolute atomic E-state index is 0. The summed E-state index contributed by atoms with van der Waals surface area (Å²) in [4.78, 5) is 13.0. The Bertz CT molecular complexity index is 559. The second-order valence-electron chi connectivity index (χ2n) is 6.61. The Morgan fingerprint density at radius 1 is 1.08 bits per heavy atom. The molecule has 1 fully saturated rings. The second-order valence-corrected chi connectivity index (χ2v) is 6.61. The summed E-state index contributed by atoms with van der Waals surface area (Å²) in [6.45, 7) is 7.47. The summed E-state index contributed by atoms with van der Waals surface area (Å²) < 4.78 is 14.5. The van der Waals surface area contributed by atoms with Gasteiger partial charge in [0, 0.05) is 54.4 Å². The Kier molecular flexibility index (Phi) is 8.92. The van der Waals surface area contributed by atoms with Gasteiger partial charge < -0.3 is 19.6 Å². The van der Waals surface area contributed by atoms with Crippen LogP contribution < -0.4 is 4.90 Å². The van der Waals surface area contributed by atoms with Crippen molar-refractivity contribution in [2.75, 3.05) is 65.8 Å². The number of benzene rings is 1. The third-order valence-corrected chi connectivity index (χ3v) is 4.38. The third kappa shape index (κ3) is 5.99. The fraction of sp³-hybridized carbons (Fsp3) is 0.611. The molecule has 0 N–H and O–H groups in total. The van der Waals surface area contributed by atoms with Gasteiger partial charge in [0.1, 0.15) is 5.82 Å². The molecule has 1 heterocycles. The molecule has 0 spiro atoms. The molecule has 1 aliphatic heterocycles. The first-order valence-electron chi connectivity index (χ1n) is 8.57. The van der Waals surface area contributed by atoms with Crippen molar-refractivity contribution in [2.24, 2.45) is 4.99 Å². The van der Waals surface area contributed by atoms with Gasteiger partial charge in [-0.2, -0.15) is 0 Å². The van der Waals surface area contributed by atoms with E-state index in [9.17, 15) is 4.39 Å². The first-order chi connectivity index (χ1) is 11.4. The third-order valence-electron chi connectivity index (χ3n) is 4.38. The number of rotatable bonds is 4. The van der Waals surface area contributed by atoms with Crippen molar-refractivity contribution in [3.05, 3.63) is 29.6 Å². The van der Waals surface area contributed by atoms with Gasteiger partial charge in [-0.3, -0.25) is 0 Å². The molecular weight excluding hydrogens is 432 g/mol. The zero-order valence-electron chi connectivity index (χ0n) is 16.0. The molecule has 5 nitrogen and oxygen atoms in total. The zero-order chi connectivity index (χ0) is 17.7. The van der Waals surface area contributed by atoms with Gasteiger partial charge in [0.25, 0.3) is 0 Å². The average molecular weight is 463 g/mol. The highest BCUT2D eigenvalue weighted by Crippen LogP contribution is 2.22. The quantitative estimate of drug-likeness (QED) is 0.390. The molecule has 142 valence electrons. The van der Waals surface area contributed by atoms with Gasteiger partial charge in [-0.15, -0.1) is 24.0 Å². The van der Waals surface area contributed by atoms with E-state index < -0.39 is 0 Å². The molecule has 7 heteroatoms. The number of halogens is 2. The highest BCUT2D eigenvalue weighted by atomic mass is 127. The van der Waals surface area contributed by atoms with Crippen molar-refractivity contribution in [3.63, 3.8) is 0 Å².